The summed E-state index contributed by atoms with van der Waals surface area (Å²) in [6.45, 7) is 5.39. The van der Waals surface area contributed by atoms with Crippen molar-refractivity contribution in [3.05, 3.63) is 65.6 Å². The lowest BCUT2D eigenvalue weighted by molar-refractivity contribution is -0.111. The fraction of sp³-hybridized carbons (Fsp3) is 0.250. The predicted molar refractivity (Wildman–Crippen MR) is 123 cm³/mol. The number of carbonyl (C=O) groups excluding carboxylic acids is 1. The molecule has 0 radical (unpaired) electrons. The lowest BCUT2D eigenvalue weighted by atomic mass is 10.1. The molecular weight excluding hydrogens is 396 g/mol. The Balaban J connectivity index is 1.58. The van der Waals surface area contributed by atoms with E-state index in [0.717, 1.165) is 47.8 Å². The first-order chi connectivity index (χ1) is 14.7. The summed E-state index contributed by atoms with van der Waals surface area (Å²) in [7, 11) is 0. The number of rotatable bonds is 10. The number of nitrogens with zero attached hydrogens (tertiary/aromatic N) is 1. The van der Waals surface area contributed by atoms with E-state index in [9.17, 15) is 4.79 Å². The summed E-state index contributed by atoms with van der Waals surface area (Å²) >= 11 is 1.38. The molecule has 0 bridgehead atoms. The Hall–Kier alpha value is -3.12. The molecule has 0 atom stereocenters. The van der Waals surface area contributed by atoms with Crippen molar-refractivity contribution in [3.8, 4) is 22.8 Å². The lowest BCUT2D eigenvalue weighted by Gasteiger charge is -2.07. The van der Waals surface area contributed by atoms with E-state index < -0.39 is 0 Å². The van der Waals surface area contributed by atoms with Gasteiger partial charge >= 0.3 is 0 Å². The first-order valence-corrected chi connectivity index (χ1v) is 11.0. The Labute approximate surface area is 181 Å². The van der Waals surface area contributed by atoms with Gasteiger partial charge in [-0.15, -0.1) is 11.3 Å². The number of ether oxygens (including phenoxy) is 2. The predicted octanol–water partition coefficient (Wildman–Crippen LogP) is 6.04. The van der Waals surface area contributed by atoms with Crippen molar-refractivity contribution in [2.45, 2.75) is 26.7 Å². The lowest BCUT2D eigenvalue weighted by Crippen LogP contribution is -2.07. The molecule has 0 aliphatic rings. The number of thiazole rings is 1. The van der Waals surface area contributed by atoms with Crippen LogP contribution in [0.5, 0.6) is 11.5 Å². The topological polar surface area (TPSA) is 60.5 Å². The molecule has 1 amide bonds. The van der Waals surface area contributed by atoms with E-state index in [-0.39, 0.29) is 5.91 Å². The zero-order chi connectivity index (χ0) is 21.2. The minimum absolute atomic E-state index is 0.225. The molecule has 1 N–H and O–H groups in total. The number of para-hydroxylation sites is 1. The van der Waals surface area contributed by atoms with Crippen LogP contribution in [0.25, 0.3) is 17.3 Å². The summed E-state index contributed by atoms with van der Waals surface area (Å²) in [5.74, 6) is 1.40. The van der Waals surface area contributed by atoms with Crippen LogP contribution in [0.15, 0.2) is 60.0 Å². The quantitative estimate of drug-likeness (QED) is 0.320. The van der Waals surface area contributed by atoms with Crippen LogP contribution in [0.4, 0.5) is 5.13 Å². The van der Waals surface area contributed by atoms with Crippen molar-refractivity contribution in [2.75, 3.05) is 18.5 Å². The SMILES string of the molecule is CCCCOc1ccc(/C=C/C(=O)Nc2nc(-c3ccccc3OCC)cs2)cc1. The number of carbonyl (C=O) groups is 1. The molecule has 2 aromatic carbocycles. The third-order valence-corrected chi connectivity index (χ3v) is 5.03. The highest BCUT2D eigenvalue weighted by molar-refractivity contribution is 7.14. The van der Waals surface area contributed by atoms with Gasteiger partial charge in [0.05, 0.1) is 18.9 Å². The van der Waals surface area contributed by atoms with E-state index in [4.69, 9.17) is 9.47 Å². The van der Waals surface area contributed by atoms with Crippen molar-refractivity contribution in [3.63, 3.8) is 0 Å². The number of anilines is 1. The van der Waals surface area contributed by atoms with Gasteiger partial charge in [-0.3, -0.25) is 10.1 Å². The monoisotopic (exact) mass is 422 g/mol. The number of nitrogens with one attached hydrogen (secondary N) is 1. The van der Waals surface area contributed by atoms with E-state index in [1.807, 2.05) is 60.8 Å². The van der Waals surface area contributed by atoms with Crippen LogP contribution in [0.1, 0.15) is 32.3 Å². The molecule has 1 aromatic heterocycles. The van der Waals surface area contributed by atoms with Crippen LogP contribution in [0.3, 0.4) is 0 Å². The van der Waals surface area contributed by atoms with Gasteiger partial charge in [0, 0.05) is 17.0 Å². The summed E-state index contributed by atoms with van der Waals surface area (Å²) in [4.78, 5) is 16.8. The van der Waals surface area contributed by atoms with Gasteiger partial charge in [0.2, 0.25) is 5.91 Å². The van der Waals surface area contributed by atoms with Crippen LogP contribution >= 0.6 is 11.3 Å². The maximum atomic E-state index is 12.3. The highest BCUT2D eigenvalue weighted by Crippen LogP contribution is 2.32. The molecule has 0 aliphatic carbocycles. The maximum absolute atomic E-state index is 12.3. The summed E-state index contributed by atoms with van der Waals surface area (Å²) in [5, 5.41) is 5.27. The molecule has 0 fully saturated rings. The number of benzene rings is 2. The molecule has 0 unspecified atom stereocenters. The molecule has 30 heavy (non-hydrogen) atoms. The van der Waals surface area contributed by atoms with Gasteiger partial charge in [-0.2, -0.15) is 0 Å². The number of hydrogen-bond donors (Lipinski definition) is 1. The van der Waals surface area contributed by atoms with Crippen molar-refractivity contribution < 1.29 is 14.3 Å². The van der Waals surface area contributed by atoms with Gasteiger partial charge in [-0.25, -0.2) is 4.98 Å². The van der Waals surface area contributed by atoms with Gasteiger partial charge in [0.1, 0.15) is 11.5 Å². The summed E-state index contributed by atoms with van der Waals surface area (Å²) in [6, 6.07) is 15.4. The van der Waals surface area contributed by atoms with Crippen LogP contribution in [0.2, 0.25) is 0 Å². The fourth-order valence-electron chi connectivity index (χ4n) is 2.74. The first-order valence-electron chi connectivity index (χ1n) is 10.1. The van der Waals surface area contributed by atoms with E-state index >= 15 is 0 Å². The van der Waals surface area contributed by atoms with E-state index in [0.29, 0.717) is 11.7 Å². The Morgan fingerprint density at radius 2 is 1.90 bits per heavy atom. The Morgan fingerprint density at radius 3 is 2.67 bits per heavy atom. The van der Waals surface area contributed by atoms with Gasteiger partial charge in [-0.05, 0) is 49.2 Å². The smallest absolute Gasteiger partial charge is 0.250 e. The summed E-state index contributed by atoms with van der Waals surface area (Å²) < 4.78 is 11.3. The fourth-order valence-corrected chi connectivity index (χ4v) is 3.46. The molecule has 0 saturated heterocycles. The second-order valence-electron chi connectivity index (χ2n) is 6.56. The molecule has 5 nitrogen and oxygen atoms in total. The van der Waals surface area contributed by atoms with Crippen LogP contribution in [0, 0.1) is 0 Å². The van der Waals surface area contributed by atoms with E-state index in [1.165, 1.54) is 17.4 Å². The van der Waals surface area contributed by atoms with Crippen LogP contribution in [-0.2, 0) is 4.79 Å². The van der Waals surface area contributed by atoms with Gasteiger partial charge in [-0.1, -0.05) is 37.6 Å². The Morgan fingerprint density at radius 1 is 1.10 bits per heavy atom. The molecule has 0 saturated carbocycles. The van der Waals surface area contributed by atoms with Crippen molar-refractivity contribution in [1.29, 1.82) is 0 Å². The normalized spacial score (nSPS) is 10.9. The van der Waals surface area contributed by atoms with Crippen LogP contribution in [-0.4, -0.2) is 24.1 Å². The van der Waals surface area contributed by atoms with E-state index in [2.05, 4.69) is 17.2 Å². The number of unbranched alkanes of at least 4 members (excludes halogenated alkanes) is 1. The van der Waals surface area contributed by atoms with E-state index in [1.54, 1.807) is 6.08 Å². The summed E-state index contributed by atoms with van der Waals surface area (Å²) in [5.41, 5.74) is 2.62. The molecule has 3 aromatic rings. The molecule has 156 valence electrons. The average molecular weight is 423 g/mol. The highest BCUT2D eigenvalue weighted by atomic mass is 32.1. The average Bonchev–Trinajstić information content (AvgIpc) is 3.22. The minimum Gasteiger partial charge on any atom is -0.494 e. The minimum atomic E-state index is -0.225. The highest BCUT2D eigenvalue weighted by Gasteiger charge is 2.10. The van der Waals surface area contributed by atoms with Crippen LogP contribution < -0.4 is 14.8 Å². The number of hydrogen-bond acceptors (Lipinski definition) is 5. The summed E-state index contributed by atoms with van der Waals surface area (Å²) in [6.07, 6.45) is 5.42. The Bertz CT molecular complexity index is 980. The third kappa shape index (κ3) is 6.19. The third-order valence-electron chi connectivity index (χ3n) is 4.27. The van der Waals surface area contributed by atoms with Crippen molar-refractivity contribution in [2.24, 2.45) is 0 Å². The first kappa shape index (κ1) is 21.6. The van der Waals surface area contributed by atoms with Gasteiger partial charge in [0.25, 0.3) is 0 Å². The zero-order valence-corrected chi connectivity index (χ0v) is 18.1. The molecule has 1 heterocycles. The van der Waals surface area contributed by atoms with Crippen molar-refractivity contribution in [1.82, 2.24) is 4.98 Å². The number of aromatic nitrogens is 1. The molecule has 3 rings (SSSR count). The molecule has 6 heteroatoms. The number of amides is 1. The molecule has 0 aliphatic heterocycles. The van der Waals surface area contributed by atoms with Crippen molar-refractivity contribution >= 4 is 28.5 Å². The second-order valence-corrected chi connectivity index (χ2v) is 7.42. The molecular formula is C24H26N2O3S. The second kappa shape index (κ2) is 11.2. The standard InChI is InChI=1S/C24H26N2O3S/c1-3-5-16-29-19-13-10-18(11-14-19)12-15-23(27)26-24-25-21(17-30-24)20-8-6-7-9-22(20)28-4-2/h6-15,17H,3-5,16H2,1-2H3,(H,25,26,27)/b15-12+. The molecule has 0 spiro atoms. The largest absolute Gasteiger partial charge is 0.494 e. The Kier molecular flexibility index (Phi) is 8.03. The van der Waals surface area contributed by atoms with Gasteiger partial charge in [0.15, 0.2) is 5.13 Å². The van der Waals surface area contributed by atoms with Gasteiger partial charge < -0.3 is 9.47 Å². The zero-order valence-electron chi connectivity index (χ0n) is 17.3. The maximum Gasteiger partial charge on any atom is 0.250 e.